The van der Waals surface area contributed by atoms with Crippen molar-refractivity contribution in [3.63, 3.8) is 0 Å². The molecule has 2 fully saturated rings. The number of hydrogen-bond acceptors (Lipinski definition) is 4. The van der Waals surface area contributed by atoms with Crippen molar-refractivity contribution in [2.24, 2.45) is 10.2 Å². The summed E-state index contributed by atoms with van der Waals surface area (Å²) >= 11 is 1.68. The predicted molar refractivity (Wildman–Crippen MR) is 92.0 cm³/mol. The molecule has 1 aromatic heterocycles. The summed E-state index contributed by atoms with van der Waals surface area (Å²) in [6, 6.07) is 4.25. The first-order valence-electron chi connectivity index (χ1n) is 8.68. The van der Waals surface area contributed by atoms with Crippen molar-refractivity contribution in [1.29, 1.82) is 0 Å². The molecule has 4 rings (SSSR count). The fourth-order valence-corrected chi connectivity index (χ4v) is 5.21. The van der Waals surface area contributed by atoms with Crippen molar-refractivity contribution < 1.29 is 9.59 Å². The number of nitrogens with one attached hydrogen (secondary N) is 1. The van der Waals surface area contributed by atoms with Gasteiger partial charge in [-0.05, 0) is 49.1 Å². The zero-order valence-electron chi connectivity index (χ0n) is 13.5. The van der Waals surface area contributed by atoms with E-state index in [-0.39, 0.29) is 29.3 Å². The van der Waals surface area contributed by atoms with Crippen LogP contribution in [0.15, 0.2) is 39.4 Å². The van der Waals surface area contributed by atoms with Crippen molar-refractivity contribution >= 4 is 23.2 Å². The smallest absolute Gasteiger partial charge is 0.287 e. The number of nitrogens with zero attached hydrogens (tertiary/aromatic N) is 2. The molecule has 0 aromatic carbocycles. The van der Waals surface area contributed by atoms with Crippen LogP contribution in [0.4, 0.5) is 0 Å². The fourth-order valence-electron chi connectivity index (χ4n) is 4.23. The van der Waals surface area contributed by atoms with E-state index in [1.54, 1.807) is 17.4 Å². The summed E-state index contributed by atoms with van der Waals surface area (Å²) in [6.45, 7) is 0. The second-order valence-corrected chi connectivity index (χ2v) is 7.95. The van der Waals surface area contributed by atoms with Gasteiger partial charge in [0.25, 0.3) is 5.91 Å². The van der Waals surface area contributed by atoms with E-state index < -0.39 is 0 Å². The Morgan fingerprint density at radius 1 is 1.29 bits per heavy atom. The van der Waals surface area contributed by atoms with Gasteiger partial charge in [-0.1, -0.05) is 18.9 Å². The number of rotatable bonds is 3. The van der Waals surface area contributed by atoms with Crippen LogP contribution in [0.5, 0.6) is 0 Å². The number of fused-ring (bicyclic) bond motifs is 1. The van der Waals surface area contributed by atoms with Gasteiger partial charge in [0.05, 0.1) is 11.5 Å². The van der Waals surface area contributed by atoms with Crippen molar-refractivity contribution in [1.82, 2.24) is 5.32 Å². The molecular formula is C18H21N3O2S. The normalized spacial score (nSPS) is 28.3. The number of carbonyl (C=O) groups is 2. The third-order valence-corrected chi connectivity index (χ3v) is 6.60. The van der Waals surface area contributed by atoms with E-state index in [9.17, 15) is 9.59 Å². The standard InChI is InChI=1S/C18H21N3O2S/c22-16-11-12-10-13(5-6-14(12)20-21-16)19-17(23)18(7-1-2-8-18)15-4-3-9-24-15/h3-4,9,11,13-14H,1-2,5-8,10H2,(H,19,23). The summed E-state index contributed by atoms with van der Waals surface area (Å²) in [4.78, 5) is 25.8. The van der Waals surface area contributed by atoms with Crippen molar-refractivity contribution in [2.45, 2.75) is 62.4 Å². The number of carbonyl (C=O) groups excluding carboxylic acids is 2. The van der Waals surface area contributed by atoms with Gasteiger partial charge in [0.1, 0.15) is 0 Å². The molecule has 5 nitrogen and oxygen atoms in total. The Morgan fingerprint density at radius 2 is 2.12 bits per heavy atom. The van der Waals surface area contributed by atoms with Gasteiger partial charge in [-0.15, -0.1) is 16.5 Å². The van der Waals surface area contributed by atoms with Crippen LogP contribution in [0.1, 0.15) is 49.8 Å². The molecule has 2 amide bonds. The van der Waals surface area contributed by atoms with Crippen molar-refractivity contribution in [2.75, 3.05) is 0 Å². The van der Waals surface area contributed by atoms with Crippen LogP contribution >= 0.6 is 11.3 Å². The summed E-state index contributed by atoms with van der Waals surface area (Å²) in [5.74, 6) is -0.116. The van der Waals surface area contributed by atoms with Gasteiger partial charge in [0.2, 0.25) is 5.91 Å². The summed E-state index contributed by atoms with van der Waals surface area (Å²) in [6.07, 6.45) is 8.13. The number of thiophene rings is 1. The Balaban J connectivity index is 1.49. The number of amides is 2. The highest BCUT2D eigenvalue weighted by Crippen LogP contribution is 2.43. The second-order valence-electron chi connectivity index (χ2n) is 7.01. The molecule has 1 aromatic rings. The Hall–Kier alpha value is -1.82. The highest BCUT2D eigenvalue weighted by Gasteiger charge is 2.44. The lowest BCUT2D eigenvalue weighted by molar-refractivity contribution is -0.127. The van der Waals surface area contributed by atoms with E-state index in [1.165, 1.54) is 4.88 Å². The van der Waals surface area contributed by atoms with E-state index in [1.807, 2.05) is 6.07 Å². The van der Waals surface area contributed by atoms with Crippen molar-refractivity contribution in [3.8, 4) is 0 Å². The molecule has 1 N–H and O–H groups in total. The van der Waals surface area contributed by atoms with E-state index >= 15 is 0 Å². The van der Waals surface area contributed by atoms with Gasteiger partial charge in [0.15, 0.2) is 0 Å². The third kappa shape index (κ3) is 2.73. The first kappa shape index (κ1) is 15.7. The molecule has 0 radical (unpaired) electrons. The maximum absolute atomic E-state index is 13.1. The van der Waals surface area contributed by atoms with Crippen LogP contribution in [0.3, 0.4) is 0 Å². The van der Waals surface area contributed by atoms with Crippen molar-refractivity contribution in [3.05, 3.63) is 34.0 Å². The number of hydrogen-bond donors (Lipinski definition) is 1. The largest absolute Gasteiger partial charge is 0.352 e. The molecule has 126 valence electrons. The SMILES string of the molecule is O=C1C=C2CC(NC(=O)C3(c4cccs4)CCCC3)CCC2N=N1. The van der Waals surface area contributed by atoms with Gasteiger partial charge in [-0.25, -0.2) is 0 Å². The van der Waals surface area contributed by atoms with Crippen LogP contribution in [0.2, 0.25) is 0 Å². The van der Waals surface area contributed by atoms with E-state index in [0.29, 0.717) is 6.42 Å². The molecule has 2 saturated carbocycles. The zero-order chi connectivity index (χ0) is 16.6. The van der Waals surface area contributed by atoms with E-state index in [0.717, 1.165) is 44.1 Å². The highest BCUT2D eigenvalue weighted by molar-refractivity contribution is 7.10. The maximum atomic E-state index is 13.1. The first-order chi connectivity index (χ1) is 11.7. The lowest BCUT2D eigenvalue weighted by atomic mass is 9.81. The van der Waals surface area contributed by atoms with E-state index in [4.69, 9.17) is 0 Å². The first-order valence-corrected chi connectivity index (χ1v) is 9.55. The fraction of sp³-hybridized carbons (Fsp3) is 0.556. The van der Waals surface area contributed by atoms with Crippen LogP contribution in [0.25, 0.3) is 0 Å². The number of azo groups is 1. The summed E-state index contributed by atoms with van der Waals surface area (Å²) < 4.78 is 0. The summed E-state index contributed by atoms with van der Waals surface area (Å²) in [7, 11) is 0. The van der Waals surface area contributed by atoms with Gasteiger partial charge in [-0.2, -0.15) is 5.11 Å². The Morgan fingerprint density at radius 3 is 2.88 bits per heavy atom. The molecular weight excluding hydrogens is 322 g/mol. The van der Waals surface area contributed by atoms with Crippen LogP contribution < -0.4 is 5.32 Å². The summed E-state index contributed by atoms with van der Waals surface area (Å²) in [5, 5.41) is 13.0. The predicted octanol–water partition coefficient (Wildman–Crippen LogP) is 3.52. The molecule has 2 aliphatic carbocycles. The van der Waals surface area contributed by atoms with Crippen LogP contribution in [-0.4, -0.2) is 23.9 Å². The minimum absolute atomic E-state index is 0.0357. The Bertz CT molecular complexity index is 702. The summed E-state index contributed by atoms with van der Waals surface area (Å²) in [5.41, 5.74) is 0.671. The molecule has 3 aliphatic rings. The monoisotopic (exact) mass is 343 g/mol. The molecule has 0 saturated heterocycles. The topological polar surface area (TPSA) is 70.9 Å². The molecule has 1 aliphatic heterocycles. The third-order valence-electron chi connectivity index (χ3n) is 5.52. The zero-order valence-corrected chi connectivity index (χ0v) is 14.3. The second kappa shape index (κ2) is 6.24. The maximum Gasteiger partial charge on any atom is 0.287 e. The Labute approximate surface area is 145 Å². The molecule has 24 heavy (non-hydrogen) atoms. The van der Waals surface area contributed by atoms with Gasteiger partial charge >= 0.3 is 0 Å². The van der Waals surface area contributed by atoms with E-state index in [2.05, 4.69) is 27.0 Å². The molecule has 0 bridgehead atoms. The lowest BCUT2D eigenvalue weighted by Crippen LogP contribution is -2.48. The van der Waals surface area contributed by atoms with Crippen LogP contribution in [-0.2, 0) is 15.0 Å². The highest BCUT2D eigenvalue weighted by atomic mass is 32.1. The molecule has 2 atom stereocenters. The lowest BCUT2D eigenvalue weighted by Gasteiger charge is -2.34. The minimum Gasteiger partial charge on any atom is -0.352 e. The van der Waals surface area contributed by atoms with Crippen LogP contribution in [0, 0.1) is 0 Å². The molecule has 2 unspecified atom stereocenters. The molecule has 6 heteroatoms. The Kier molecular flexibility index (Phi) is 4.08. The average molecular weight is 343 g/mol. The molecule has 0 spiro atoms. The molecule has 2 heterocycles. The quantitative estimate of drug-likeness (QED) is 0.912. The average Bonchev–Trinajstić information content (AvgIpc) is 3.26. The van der Waals surface area contributed by atoms with Gasteiger partial charge in [-0.3, -0.25) is 9.59 Å². The van der Waals surface area contributed by atoms with Gasteiger partial charge in [0, 0.05) is 17.0 Å². The van der Waals surface area contributed by atoms with Gasteiger partial charge < -0.3 is 5.32 Å². The minimum atomic E-state index is -0.346.